The Hall–Kier alpha value is -1.79. The molecule has 3 rings (SSSR count). The molecule has 6 heteroatoms. The molecule has 0 bridgehead atoms. The van der Waals surface area contributed by atoms with E-state index in [9.17, 15) is 4.79 Å². The summed E-state index contributed by atoms with van der Waals surface area (Å²) in [5.41, 5.74) is 0.985. The molecule has 0 saturated carbocycles. The first kappa shape index (κ1) is 17.0. The van der Waals surface area contributed by atoms with E-state index in [2.05, 4.69) is 17.4 Å². The number of carbonyl (C=O) groups is 1. The van der Waals surface area contributed by atoms with Gasteiger partial charge in [-0.1, -0.05) is 30.3 Å². The van der Waals surface area contributed by atoms with Gasteiger partial charge in [0.15, 0.2) is 5.11 Å². The number of nitrogens with one attached hydrogen (secondary N) is 1. The number of ether oxygens (including phenoxy) is 1. The highest BCUT2D eigenvalue weighted by atomic mass is 32.2. The third-order valence-electron chi connectivity index (χ3n) is 4.25. The van der Waals surface area contributed by atoms with Gasteiger partial charge < -0.3 is 10.1 Å². The molecule has 2 aromatic carbocycles. The molecule has 24 heavy (non-hydrogen) atoms. The predicted molar refractivity (Wildman–Crippen MR) is 104 cm³/mol. The van der Waals surface area contributed by atoms with Crippen LogP contribution in [0.2, 0.25) is 0 Å². The second-order valence-electron chi connectivity index (χ2n) is 5.68. The summed E-state index contributed by atoms with van der Waals surface area (Å²) < 4.78 is 5.52. The number of amides is 1. The van der Waals surface area contributed by atoms with Crippen molar-refractivity contribution >= 4 is 45.8 Å². The number of hydrogen-bond acceptors (Lipinski definition) is 4. The largest absolute Gasteiger partial charge is 0.496 e. The highest BCUT2D eigenvalue weighted by Crippen LogP contribution is 2.30. The molecule has 0 aromatic heterocycles. The fraction of sp³-hybridized carbons (Fsp3) is 0.333. The number of fused-ring (bicyclic) bond motifs is 1. The molecule has 0 spiro atoms. The SMILES string of the molecule is COc1ccc2ccccc2c1CN1C(=O)[C@@H](CCSC)NC1=S. The summed E-state index contributed by atoms with van der Waals surface area (Å²) >= 11 is 7.12. The zero-order chi connectivity index (χ0) is 17.1. The van der Waals surface area contributed by atoms with Gasteiger partial charge in [-0.3, -0.25) is 9.69 Å². The van der Waals surface area contributed by atoms with Crippen LogP contribution < -0.4 is 10.1 Å². The molecule has 0 aliphatic carbocycles. The van der Waals surface area contributed by atoms with Crippen LogP contribution in [0, 0.1) is 0 Å². The van der Waals surface area contributed by atoms with Gasteiger partial charge in [-0.15, -0.1) is 0 Å². The van der Waals surface area contributed by atoms with Crippen LogP contribution in [0.15, 0.2) is 36.4 Å². The number of nitrogens with zero attached hydrogens (tertiary/aromatic N) is 1. The van der Waals surface area contributed by atoms with E-state index in [1.807, 2.05) is 30.5 Å². The summed E-state index contributed by atoms with van der Waals surface area (Å²) in [6.45, 7) is 0.422. The van der Waals surface area contributed by atoms with E-state index in [0.29, 0.717) is 11.7 Å². The first-order valence-corrected chi connectivity index (χ1v) is 9.61. The van der Waals surface area contributed by atoms with Gasteiger partial charge in [0, 0.05) is 5.56 Å². The lowest BCUT2D eigenvalue weighted by molar-refractivity contribution is -0.127. The fourth-order valence-electron chi connectivity index (χ4n) is 2.99. The van der Waals surface area contributed by atoms with Crippen LogP contribution in [-0.2, 0) is 11.3 Å². The molecule has 1 aliphatic rings. The molecule has 1 saturated heterocycles. The summed E-state index contributed by atoms with van der Waals surface area (Å²) in [5.74, 6) is 1.75. The average molecular weight is 361 g/mol. The lowest BCUT2D eigenvalue weighted by atomic mass is 10.0. The molecule has 126 valence electrons. The maximum Gasteiger partial charge on any atom is 0.251 e. The molecule has 1 atom stereocenters. The van der Waals surface area contributed by atoms with E-state index in [1.54, 1.807) is 23.8 Å². The second kappa shape index (κ2) is 7.40. The Morgan fingerprint density at radius 1 is 1.29 bits per heavy atom. The van der Waals surface area contributed by atoms with Gasteiger partial charge in [-0.25, -0.2) is 0 Å². The number of hydrogen-bond donors (Lipinski definition) is 1. The van der Waals surface area contributed by atoms with Gasteiger partial charge in [0.25, 0.3) is 5.91 Å². The van der Waals surface area contributed by atoms with Crippen LogP contribution >= 0.6 is 24.0 Å². The predicted octanol–water partition coefficient (Wildman–Crippen LogP) is 3.19. The van der Waals surface area contributed by atoms with Crippen LogP contribution in [0.25, 0.3) is 10.8 Å². The molecule has 1 fully saturated rings. The van der Waals surface area contributed by atoms with Crippen LogP contribution in [0.5, 0.6) is 5.75 Å². The summed E-state index contributed by atoms with van der Waals surface area (Å²) in [6.07, 6.45) is 2.82. The molecule has 1 heterocycles. The van der Waals surface area contributed by atoms with Crippen molar-refractivity contribution in [1.82, 2.24) is 10.2 Å². The maximum atomic E-state index is 12.7. The van der Waals surface area contributed by atoms with Gasteiger partial charge in [0.1, 0.15) is 11.8 Å². The van der Waals surface area contributed by atoms with Gasteiger partial charge in [-0.05, 0) is 47.5 Å². The Morgan fingerprint density at radius 2 is 2.08 bits per heavy atom. The van der Waals surface area contributed by atoms with Crippen molar-refractivity contribution in [2.45, 2.75) is 19.0 Å². The Bertz CT molecular complexity index is 779. The summed E-state index contributed by atoms with van der Waals surface area (Å²) in [4.78, 5) is 14.3. The number of thiocarbonyl (C=S) groups is 1. The summed E-state index contributed by atoms with van der Waals surface area (Å²) in [5, 5.41) is 5.86. The number of methoxy groups -OCH3 is 1. The lowest BCUT2D eigenvalue weighted by Gasteiger charge is -2.19. The van der Waals surface area contributed by atoms with Crippen LogP contribution in [0.1, 0.15) is 12.0 Å². The van der Waals surface area contributed by atoms with Crippen molar-refractivity contribution in [3.05, 3.63) is 42.0 Å². The fourth-order valence-corrected chi connectivity index (χ4v) is 3.75. The molecular formula is C18H20N2O2S2. The first-order valence-electron chi connectivity index (χ1n) is 7.81. The molecule has 1 aliphatic heterocycles. The van der Waals surface area contributed by atoms with Crippen molar-refractivity contribution in [3.8, 4) is 5.75 Å². The van der Waals surface area contributed by atoms with Gasteiger partial charge >= 0.3 is 0 Å². The Morgan fingerprint density at radius 3 is 2.83 bits per heavy atom. The first-order chi connectivity index (χ1) is 11.7. The molecule has 2 aromatic rings. The van der Waals surface area contributed by atoms with Gasteiger partial charge in [0.2, 0.25) is 0 Å². The number of benzene rings is 2. The summed E-state index contributed by atoms with van der Waals surface area (Å²) in [7, 11) is 1.65. The molecule has 0 radical (unpaired) electrons. The van der Waals surface area contributed by atoms with Gasteiger partial charge in [0.05, 0.1) is 13.7 Å². The highest BCUT2D eigenvalue weighted by Gasteiger charge is 2.35. The molecule has 4 nitrogen and oxygen atoms in total. The Kier molecular flexibility index (Phi) is 5.26. The van der Waals surface area contributed by atoms with Crippen molar-refractivity contribution in [2.75, 3.05) is 19.1 Å². The minimum atomic E-state index is -0.217. The quantitative estimate of drug-likeness (QED) is 0.802. The van der Waals surface area contributed by atoms with Crippen molar-refractivity contribution in [2.24, 2.45) is 0 Å². The molecular weight excluding hydrogens is 340 g/mol. The third kappa shape index (κ3) is 3.21. The zero-order valence-electron chi connectivity index (χ0n) is 13.7. The van der Waals surface area contributed by atoms with E-state index < -0.39 is 0 Å². The molecule has 1 amide bonds. The van der Waals surface area contributed by atoms with Crippen LogP contribution in [0.4, 0.5) is 0 Å². The smallest absolute Gasteiger partial charge is 0.251 e. The van der Waals surface area contributed by atoms with E-state index in [4.69, 9.17) is 17.0 Å². The Balaban J connectivity index is 1.92. The third-order valence-corrected chi connectivity index (χ3v) is 5.23. The zero-order valence-corrected chi connectivity index (χ0v) is 15.4. The van der Waals surface area contributed by atoms with E-state index in [1.165, 1.54) is 0 Å². The number of rotatable bonds is 6. The number of carbonyl (C=O) groups excluding carboxylic acids is 1. The van der Waals surface area contributed by atoms with Gasteiger partial charge in [-0.2, -0.15) is 11.8 Å². The minimum Gasteiger partial charge on any atom is -0.496 e. The maximum absolute atomic E-state index is 12.7. The highest BCUT2D eigenvalue weighted by molar-refractivity contribution is 7.98. The normalized spacial score (nSPS) is 17.4. The number of thioether (sulfide) groups is 1. The van der Waals surface area contributed by atoms with E-state index in [0.717, 1.165) is 34.3 Å². The van der Waals surface area contributed by atoms with E-state index >= 15 is 0 Å². The van der Waals surface area contributed by atoms with E-state index in [-0.39, 0.29) is 11.9 Å². The Labute approximate surface area is 151 Å². The molecule has 1 N–H and O–H groups in total. The standard InChI is InChI=1S/C18H20N2O2S2/c1-22-16-8-7-12-5-3-4-6-13(12)14(16)11-20-17(21)15(9-10-24-2)19-18(20)23/h3-8,15H,9-11H2,1-2H3,(H,19,23)/t15-/m1/s1. The van der Waals surface area contributed by atoms with Crippen molar-refractivity contribution in [3.63, 3.8) is 0 Å². The van der Waals surface area contributed by atoms with Crippen LogP contribution in [0.3, 0.4) is 0 Å². The van der Waals surface area contributed by atoms with Crippen molar-refractivity contribution < 1.29 is 9.53 Å². The molecule has 0 unspecified atom stereocenters. The van der Waals surface area contributed by atoms with Crippen molar-refractivity contribution in [1.29, 1.82) is 0 Å². The second-order valence-corrected chi connectivity index (χ2v) is 7.05. The minimum absolute atomic E-state index is 0.0454. The summed E-state index contributed by atoms with van der Waals surface area (Å²) in [6, 6.07) is 11.9. The lowest BCUT2D eigenvalue weighted by Crippen LogP contribution is -2.31. The van der Waals surface area contributed by atoms with Crippen LogP contribution in [-0.4, -0.2) is 41.1 Å². The average Bonchev–Trinajstić information content (AvgIpc) is 2.87. The topological polar surface area (TPSA) is 41.6 Å². The monoisotopic (exact) mass is 360 g/mol.